The molecule has 0 aromatic carbocycles. The Labute approximate surface area is 57.6 Å². The molecule has 0 atom stereocenters. The van der Waals surface area contributed by atoms with Crippen LogP contribution in [0, 0.1) is 0 Å². The van der Waals surface area contributed by atoms with Gasteiger partial charge in [0.05, 0.1) is 0 Å². The second-order valence-electron chi connectivity index (χ2n) is 2.16. The van der Waals surface area contributed by atoms with Crippen LogP contribution in [0.1, 0.15) is 20.3 Å². The summed E-state index contributed by atoms with van der Waals surface area (Å²) in [5.41, 5.74) is 2.61. The van der Waals surface area contributed by atoms with Crippen molar-refractivity contribution in [3.63, 3.8) is 0 Å². The summed E-state index contributed by atoms with van der Waals surface area (Å²) in [6.07, 6.45) is 4.75. The van der Waals surface area contributed by atoms with Gasteiger partial charge in [-0.1, -0.05) is 29.9 Å². The van der Waals surface area contributed by atoms with E-state index in [-0.39, 0.29) is 0 Å². The molecule has 0 radical (unpaired) electrons. The molecule has 9 heavy (non-hydrogen) atoms. The first kappa shape index (κ1) is 8.22. The molecule has 0 aromatic heterocycles. The van der Waals surface area contributed by atoms with Crippen LogP contribution in [0.4, 0.5) is 0 Å². The summed E-state index contributed by atoms with van der Waals surface area (Å²) in [6.45, 7) is 11.5. The zero-order chi connectivity index (χ0) is 7.28. The van der Waals surface area contributed by atoms with Crippen LogP contribution < -0.4 is 0 Å². The Kier molecular flexibility index (Phi) is 3.78. The van der Waals surface area contributed by atoms with Crippen LogP contribution >= 0.6 is 0 Å². The number of hydrogen-bond acceptors (Lipinski definition) is 0. The summed E-state index contributed by atoms with van der Waals surface area (Å²) < 4.78 is 0. The number of rotatable bonds is 3. The fourth-order valence-electron chi connectivity index (χ4n) is 0.552. The number of hydrogen-bond donors (Lipinski definition) is 0. The predicted octanol–water partition coefficient (Wildman–Crippen LogP) is 3.08. The minimum Gasteiger partial charge on any atom is -0.103 e. The van der Waals surface area contributed by atoms with Gasteiger partial charge in [-0.3, -0.25) is 0 Å². The Bertz CT molecular complexity index is 138. The van der Waals surface area contributed by atoms with Gasteiger partial charge < -0.3 is 0 Å². The highest BCUT2D eigenvalue weighted by atomic mass is 13.9. The van der Waals surface area contributed by atoms with Crippen LogP contribution in [0.3, 0.4) is 0 Å². The summed E-state index contributed by atoms with van der Waals surface area (Å²) in [7, 11) is 0. The van der Waals surface area contributed by atoms with Crippen molar-refractivity contribution in [1.29, 1.82) is 0 Å². The lowest BCUT2D eigenvalue weighted by molar-refractivity contribution is 1.17. The van der Waals surface area contributed by atoms with Crippen molar-refractivity contribution < 1.29 is 0 Å². The highest BCUT2D eigenvalue weighted by Crippen LogP contribution is 2.07. The summed E-state index contributed by atoms with van der Waals surface area (Å²) in [5.74, 6) is 0. The van der Waals surface area contributed by atoms with E-state index < -0.39 is 0 Å². The van der Waals surface area contributed by atoms with Crippen LogP contribution in [-0.2, 0) is 0 Å². The Morgan fingerprint density at radius 2 is 1.89 bits per heavy atom. The molecule has 0 unspecified atom stereocenters. The van der Waals surface area contributed by atoms with Crippen LogP contribution in [0.5, 0.6) is 0 Å². The molecule has 0 aliphatic carbocycles. The van der Waals surface area contributed by atoms with Crippen molar-refractivity contribution >= 4 is 0 Å². The van der Waals surface area contributed by atoms with Gasteiger partial charge in [0.15, 0.2) is 0 Å². The van der Waals surface area contributed by atoms with Gasteiger partial charge in [0.25, 0.3) is 0 Å². The SMILES string of the molecule is C=CCC(C)=C(C)C=C. The molecule has 0 heterocycles. The van der Waals surface area contributed by atoms with Crippen LogP contribution in [0.15, 0.2) is 36.5 Å². The van der Waals surface area contributed by atoms with Gasteiger partial charge in [-0.05, 0) is 20.3 Å². The maximum atomic E-state index is 3.67. The Morgan fingerprint density at radius 3 is 2.22 bits per heavy atom. The molecule has 0 amide bonds. The second kappa shape index (κ2) is 4.13. The average Bonchev–Trinajstić information content (AvgIpc) is 1.87. The lowest BCUT2D eigenvalue weighted by atomic mass is 10.1. The summed E-state index contributed by atoms with van der Waals surface area (Å²) >= 11 is 0. The molecule has 0 fully saturated rings. The van der Waals surface area contributed by atoms with Crippen molar-refractivity contribution in [3.05, 3.63) is 36.5 Å². The molecule has 0 spiro atoms. The van der Waals surface area contributed by atoms with Crippen LogP contribution in [0.25, 0.3) is 0 Å². The first-order valence-corrected chi connectivity index (χ1v) is 3.12. The summed E-state index contributed by atoms with van der Waals surface area (Å²) in [6, 6.07) is 0. The predicted molar refractivity (Wildman–Crippen MR) is 43.4 cm³/mol. The van der Waals surface area contributed by atoms with Gasteiger partial charge >= 0.3 is 0 Å². The highest BCUT2D eigenvalue weighted by Gasteiger charge is 1.87. The molecule has 0 heteroatoms. The van der Waals surface area contributed by atoms with E-state index in [2.05, 4.69) is 27.0 Å². The van der Waals surface area contributed by atoms with Gasteiger partial charge in [-0.15, -0.1) is 6.58 Å². The lowest BCUT2D eigenvalue weighted by Gasteiger charge is -1.97. The molecule has 0 nitrogen and oxygen atoms in total. The van der Waals surface area contributed by atoms with Gasteiger partial charge in [-0.25, -0.2) is 0 Å². The van der Waals surface area contributed by atoms with Crippen molar-refractivity contribution in [2.75, 3.05) is 0 Å². The molecule has 0 saturated carbocycles. The van der Waals surface area contributed by atoms with E-state index in [1.165, 1.54) is 11.1 Å². The van der Waals surface area contributed by atoms with E-state index in [0.29, 0.717) is 0 Å². The average molecular weight is 122 g/mol. The summed E-state index contributed by atoms with van der Waals surface area (Å²) in [4.78, 5) is 0. The normalized spacial score (nSPS) is 12.2. The summed E-state index contributed by atoms with van der Waals surface area (Å²) in [5, 5.41) is 0. The largest absolute Gasteiger partial charge is 0.103 e. The van der Waals surface area contributed by atoms with Crippen molar-refractivity contribution in [3.8, 4) is 0 Å². The first-order chi connectivity index (χ1) is 4.22. The first-order valence-electron chi connectivity index (χ1n) is 3.12. The molecular weight excluding hydrogens is 108 g/mol. The van der Waals surface area contributed by atoms with Gasteiger partial charge in [0.2, 0.25) is 0 Å². The van der Waals surface area contributed by atoms with E-state index in [4.69, 9.17) is 0 Å². The zero-order valence-electron chi connectivity index (χ0n) is 6.28. The van der Waals surface area contributed by atoms with E-state index in [1.807, 2.05) is 12.2 Å². The van der Waals surface area contributed by atoms with Crippen molar-refractivity contribution in [2.45, 2.75) is 20.3 Å². The Balaban J connectivity index is 4.08. The molecule has 0 aromatic rings. The monoisotopic (exact) mass is 122 g/mol. The minimum absolute atomic E-state index is 0.970. The van der Waals surface area contributed by atoms with Gasteiger partial charge in [0.1, 0.15) is 0 Å². The van der Waals surface area contributed by atoms with Crippen molar-refractivity contribution in [1.82, 2.24) is 0 Å². The maximum Gasteiger partial charge on any atom is -0.0139 e. The third-order valence-electron chi connectivity index (χ3n) is 1.43. The molecule has 0 rings (SSSR count). The molecule has 0 N–H and O–H groups in total. The van der Waals surface area contributed by atoms with Gasteiger partial charge in [-0.2, -0.15) is 0 Å². The van der Waals surface area contributed by atoms with E-state index >= 15 is 0 Å². The highest BCUT2D eigenvalue weighted by molar-refractivity contribution is 5.21. The standard InChI is InChI=1S/C9H14/c1-5-7-9(4)8(3)6-2/h5-6H,1-2,7H2,3-4H3. The quantitative estimate of drug-likeness (QED) is 0.398. The maximum absolute atomic E-state index is 3.67. The topological polar surface area (TPSA) is 0 Å². The fourth-order valence-corrected chi connectivity index (χ4v) is 0.552. The lowest BCUT2D eigenvalue weighted by Crippen LogP contribution is -1.76. The molecule has 0 aliphatic heterocycles. The molecule has 0 saturated heterocycles. The Hall–Kier alpha value is -0.780. The van der Waals surface area contributed by atoms with E-state index in [1.54, 1.807) is 0 Å². The molecular formula is C9H14. The van der Waals surface area contributed by atoms with E-state index in [9.17, 15) is 0 Å². The van der Waals surface area contributed by atoms with Crippen molar-refractivity contribution in [2.24, 2.45) is 0 Å². The number of allylic oxidation sites excluding steroid dienone is 4. The van der Waals surface area contributed by atoms with E-state index in [0.717, 1.165) is 6.42 Å². The second-order valence-corrected chi connectivity index (χ2v) is 2.16. The van der Waals surface area contributed by atoms with Crippen LogP contribution in [0.2, 0.25) is 0 Å². The van der Waals surface area contributed by atoms with Crippen LogP contribution in [-0.4, -0.2) is 0 Å². The molecule has 50 valence electrons. The third kappa shape index (κ3) is 2.91. The Morgan fingerprint density at radius 1 is 1.33 bits per heavy atom. The zero-order valence-corrected chi connectivity index (χ0v) is 6.28. The van der Waals surface area contributed by atoms with Gasteiger partial charge in [0, 0.05) is 0 Å². The fraction of sp³-hybridized carbons (Fsp3) is 0.333. The minimum atomic E-state index is 0.970. The smallest absolute Gasteiger partial charge is 0.0139 e. The molecule has 0 aliphatic rings. The molecule has 0 bridgehead atoms. The third-order valence-corrected chi connectivity index (χ3v) is 1.43.